The summed E-state index contributed by atoms with van der Waals surface area (Å²) in [6.07, 6.45) is 2.05. The molecule has 26 heavy (non-hydrogen) atoms. The number of carboxylic acid groups (broad SMARTS) is 1. The van der Waals surface area contributed by atoms with Crippen molar-refractivity contribution in [3.63, 3.8) is 0 Å². The molecule has 2 N–H and O–H groups in total. The summed E-state index contributed by atoms with van der Waals surface area (Å²) in [5.74, 6) is -1.41. The molecule has 1 aliphatic rings. The number of nitro groups is 2. The summed E-state index contributed by atoms with van der Waals surface area (Å²) >= 11 is 0. The summed E-state index contributed by atoms with van der Waals surface area (Å²) in [6, 6.07) is 3.24. The number of nitrogens with zero attached hydrogens (tertiary/aromatic N) is 3. The first-order valence-electron chi connectivity index (χ1n) is 8.18. The van der Waals surface area contributed by atoms with Crippen molar-refractivity contribution in [2.75, 3.05) is 5.43 Å². The molecular weight excluding hydrogens is 344 g/mol. The van der Waals surface area contributed by atoms with Crippen LogP contribution in [0.25, 0.3) is 0 Å². The average molecular weight is 364 g/mol. The molecule has 1 aliphatic carbocycles. The highest BCUT2D eigenvalue weighted by Crippen LogP contribution is 2.35. The quantitative estimate of drug-likeness (QED) is 0.387. The lowest BCUT2D eigenvalue weighted by atomic mass is 9.89. The molecule has 0 radical (unpaired) electrons. The Labute approximate surface area is 149 Å². The van der Waals surface area contributed by atoms with E-state index in [1.54, 1.807) is 0 Å². The number of rotatable bonds is 9. The van der Waals surface area contributed by atoms with Gasteiger partial charge in [-0.15, -0.1) is 0 Å². The van der Waals surface area contributed by atoms with E-state index in [4.69, 9.17) is 0 Å². The van der Waals surface area contributed by atoms with Crippen molar-refractivity contribution in [1.29, 1.82) is 0 Å². The first-order chi connectivity index (χ1) is 12.2. The van der Waals surface area contributed by atoms with Gasteiger partial charge in [-0.2, -0.15) is 5.10 Å². The zero-order valence-electron chi connectivity index (χ0n) is 14.4. The molecule has 2 rings (SSSR count). The Bertz CT molecular complexity index is 757. The van der Waals surface area contributed by atoms with Gasteiger partial charge in [-0.3, -0.25) is 30.4 Å². The van der Waals surface area contributed by atoms with Gasteiger partial charge in [0.15, 0.2) is 0 Å². The van der Waals surface area contributed by atoms with Crippen molar-refractivity contribution in [1.82, 2.24) is 0 Å². The highest BCUT2D eigenvalue weighted by atomic mass is 16.6. The minimum Gasteiger partial charge on any atom is -0.481 e. The van der Waals surface area contributed by atoms with Crippen LogP contribution >= 0.6 is 0 Å². The number of hydrogen-bond acceptors (Lipinski definition) is 7. The number of benzene rings is 1. The minimum atomic E-state index is -0.908. The van der Waals surface area contributed by atoms with Gasteiger partial charge in [0.1, 0.15) is 5.69 Å². The van der Waals surface area contributed by atoms with Gasteiger partial charge in [-0.25, -0.2) is 0 Å². The van der Waals surface area contributed by atoms with Crippen LogP contribution in [0.2, 0.25) is 0 Å². The van der Waals surface area contributed by atoms with Crippen LogP contribution in [0, 0.1) is 38.0 Å². The van der Waals surface area contributed by atoms with Crippen LogP contribution in [0.1, 0.15) is 33.1 Å². The SMILES string of the molecule is CC(C)C(CC(=NNc1ccc([N+](=O)[O-])cc1[N+](=O)[O-])C1CC1)C(=O)O. The third kappa shape index (κ3) is 4.74. The molecule has 0 bridgehead atoms. The number of carbonyl (C=O) groups is 1. The third-order valence-corrected chi connectivity index (χ3v) is 4.31. The van der Waals surface area contributed by atoms with Gasteiger partial charge >= 0.3 is 11.7 Å². The van der Waals surface area contributed by atoms with E-state index in [1.165, 1.54) is 6.07 Å². The molecule has 1 unspecified atom stereocenters. The highest BCUT2D eigenvalue weighted by molar-refractivity contribution is 5.92. The third-order valence-electron chi connectivity index (χ3n) is 4.31. The standard InChI is InChI=1S/C16H20N4O6/c1-9(2)12(16(21)22)8-14(10-3-4-10)18-17-13-6-5-11(19(23)24)7-15(13)20(25)26/h5-7,9-10,12,17H,3-4,8H2,1-2H3,(H,21,22). The topological polar surface area (TPSA) is 148 Å². The summed E-state index contributed by atoms with van der Waals surface area (Å²) in [7, 11) is 0. The maximum atomic E-state index is 11.4. The van der Waals surface area contributed by atoms with Gasteiger partial charge in [0, 0.05) is 18.2 Å². The maximum Gasteiger partial charge on any atom is 0.307 e. The van der Waals surface area contributed by atoms with E-state index in [9.17, 15) is 30.1 Å². The maximum absolute atomic E-state index is 11.4. The fourth-order valence-corrected chi connectivity index (χ4v) is 2.56. The molecule has 0 spiro atoms. The number of aliphatic carboxylic acids is 1. The monoisotopic (exact) mass is 364 g/mol. The molecule has 0 amide bonds. The van der Waals surface area contributed by atoms with Crippen LogP contribution in [0.4, 0.5) is 17.1 Å². The van der Waals surface area contributed by atoms with Crippen LogP contribution in [0.15, 0.2) is 23.3 Å². The minimum absolute atomic E-state index is 0.0233. The van der Waals surface area contributed by atoms with Gasteiger partial charge in [0.2, 0.25) is 0 Å². The number of non-ortho nitro benzene ring substituents is 1. The molecule has 10 nitrogen and oxygen atoms in total. The van der Waals surface area contributed by atoms with Crippen LogP contribution in [0.3, 0.4) is 0 Å². The Morgan fingerprint density at radius 3 is 2.42 bits per heavy atom. The molecule has 10 heteroatoms. The van der Waals surface area contributed by atoms with Crippen molar-refractivity contribution in [2.24, 2.45) is 22.9 Å². The zero-order valence-corrected chi connectivity index (χ0v) is 14.4. The second-order valence-electron chi connectivity index (χ2n) is 6.60. The lowest BCUT2D eigenvalue weighted by Crippen LogP contribution is -2.24. The van der Waals surface area contributed by atoms with Gasteiger partial charge in [0.25, 0.3) is 5.69 Å². The second kappa shape index (κ2) is 7.89. The molecular formula is C16H20N4O6. The Hall–Kier alpha value is -3.04. The summed E-state index contributed by atoms with van der Waals surface area (Å²) in [5.41, 5.74) is 2.42. The first-order valence-corrected chi connectivity index (χ1v) is 8.18. The highest BCUT2D eigenvalue weighted by Gasteiger charge is 2.33. The normalized spacial score (nSPS) is 15.6. The van der Waals surface area contributed by atoms with E-state index in [0.717, 1.165) is 25.0 Å². The van der Waals surface area contributed by atoms with Crippen LogP contribution in [0.5, 0.6) is 0 Å². The largest absolute Gasteiger partial charge is 0.481 e. The number of hydrazone groups is 1. The number of nitrogens with one attached hydrogen (secondary N) is 1. The summed E-state index contributed by atoms with van der Waals surface area (Å²) in [4.78, 5) is 31.9. The molecule has 1 fully saturated rings. The van der Waals surface area contributed by atoms with E-state index in [2.05, 4.69) is 10.5 Å². The van der Waals surface area contributed by atoms with E-state index in [-0.39, 0.29) is 29.6 Å². The number of anilines is 1. The van der Waals surface area contributed by atoms with Crippen LogP contribution in [-0.4, -0.2) is 26.6 Å². The van der Waals surface area contributed by atoms with Gasteiger partial charge in [-0.1, -0.05) is 13.8 Å². The fraction of sp³-hybridized carbons (Fsp3) is 0.500. The molecule has 0 aromatic heterocycles. The van der Waals surface area contributed by atoms with Gasteiger partial charge < -0.3 is 5.11 Å². The number of hydrogen-bond donors (Lipinski definition) is 2. The molecule has 0 heterocycles. The van der Waals surface area contributed by atoms with Crippen molar-refractivity contribution in [2.45, 2.75) is 33.1 Å². The number of carboxylic acids is 1. The zero-order chi connectivity index (χ0) is 19.4. The van der Waals surface area contributed by atoms with Crippen LogP contribution < -0.4 is 5.43 Å². The first kappa shape index (κ1) is 19.3. The predicted molar refractivity (Wildman–Crippen MR) is 94.1 cm³/mol. The van der Waals surface area contributed by atoms with E-state index in [0.29, 0.717) is 5.71 Å². The Balaban J connectivity index is 2.26. The van der Waals surface area contributed by atoms with Gasteiger partial charge in [0.05, 0.1) is 21.8 Å². The predicted octanol–water partition coefficient (Wildman–Crippen LogP) is 3.43. The Kier molecular flexibility index (Phi) is 5.86. The number of nitro benzene ring substituents is 2. The molecule has 0 saturated heterocycles. The van der Waals surface area contributed by atoms with Gasteiger partial charge in [-0.05, 0) is 30.7 Å². The molecule has 1 saturated carbocycles. The van der Waals surface area contributed by atoms with Crippen LogP contribution in [-0.2, 0) is 4.79 Å². The summed E-state index contributed by atoms with van der Waals surface area (Å²) in [6.45, 7) is 3.63. The average Bonchev–Trinajstić information content (AvgIpc) is 3.38. The van der Waals surface area contributed by atoms with E-state index >= 15 is 0 Å². The molecule has 1 atom stereocenters. The lowest BCUT2D eigenvalue weighted by molar-refractivity contribution is -0.393. The fourth-order valence-electron chi connectivity index (χ4n) is 2.56. The van der Waals surface area contributed by atoms with Crippen molar-refractivity contribution >= 4 is 28.7 Å². The van der Waals surface area contributed by atoms with E-state index in [1.807, 2.05) is 13.8 Å². The molecule has 1 aromatic carbocycles. The summed E-state index contributed by atoms with van der Waals surface area (Å²) < 4.78 is 0. The Morgan fingerprint density at radius 2 is 1.96 bits per heavy atom. The van der Waals surface area contributed by atoms with E-state index < -0.39 is 27.4 Å². The molecule has 1 aromatic rings. The smallest absolute Gasteiger partial charge is 0.307 e. The Morgan fingerprint density at radius 1 is 1.31 bits per heavy atom. The van der Waals surface area contributed by atoms with Crippen molar-refractivity contribution in [3.8, 4) is 0 Å². The lowest BCUT2D eigenvalue weighted by Gasteiger charge is -2.17. The summed E-state index contributed by atoms with van der Waals surface area (Å²) in [5, 5.41) is 35.5. The molecule has 140 valence electrons. The van der Waals surface area contributed by atoms with Crippen molar-refractivity contribution in [3.05, 3.63) is 38.4 Å². The molecule has 0 aliphatic heterocycles. The van der Waals surface area contributed by atoms with Crippen molar-refractivity contribution < 1.29 is 19.7 Å². The second-order valence-corrected chi connectivity index (χ2v) is 6.60.